The Hall–Kier alpha value is -3.69. The topological polar surface area (TPSA) is 84.2 Å². The quantitative estimate of drug-likeness (QED) is 0.241. The van der Waals surface area contributed by atoms with Gasteiger partial charge in [0.15, 0.2) is 5.58 Å². The van der Waals surface area contributed by atoms with Crippen LogP contribution in [0.25, 0.3) is 11.1 Å². The van der Waals surface area contributed by atoms with Gasteiger partial charge in [0.05, 0.1) is 12.6 Å². The number of carbonyl (C=O) groups excluding carboxylic acids is 2. The number of fused-ring (bicyclic) bond motifs is 1. The van der Waals surface area contributed by atoms with Gasteiger partial charge in [-0.2, -0.15) is 13.2 Å². The third-order valence-corrected chi connectivity index (χ3v) is 5.85. The van der Waals surface area contributed by atoms with Gasteiger partial charge in [0.2, 0.25) is 11.7 Å². The molecular formula is C28H27ClF3N3O3. The van der Waals surface area contributed by atoms with Crippen LogP contribution in [-0.4, -0.2) is 35.4 Å². The normalized spacial score (nSPS) is 12.8. The van der Waals surface area contributed by atoms with Crippen LogP contribution in [0.1, 0.15) is 41.7 Å². The molecule has 1 amide bonds. The van der Waals surface area contributed by atoms with E-state index in [1.54, 1.807) is 54.6 Å². The van der Waals surface area contributed by atoms with Crippen molar-refractivity contribution in [2.24, 2.45) is 0 Å². The van der Waals surface area contributed by atoms with Crippen LogP contribution in [0.4, 0.5) is 13.2 Å². The number of carbonyl (C=O) groups is 2. The van der Waals surface area contributed by atoms with Crippen LogP contribution in [0, 0.1) is 0 Å². The van der Waals surface area contributed by atoms with E-state index in [1.165, 1.54) is 24.3 Å². The first-order chi connectivity index (χ1) is 18.2. The fraction of sp³-hybridized carbons (Fsp3) is 0.250. The number of Topliss-reactive ketones (excluding diaryl/α,β-unsaturated/α-hetero) is 1. The Morgan fingerprint density at radius 1 is 0.947 bits per heavy atom. The van der Waals surface area contributed by atoms with Crippen molar-refractivity contribution < 1.29 is 27.2 Å². The fourth-order valence-electron chi connectivity index (χ4n) is 3.70. The number of para-hydroxylation sites is 2. The molecule has 6 nitrogen and oxygen atoms in total. The van der Waals surface area contributed by atoms with E-state index in [1.807, 2.05) is 13.8 Å². The first-order valence-corrected chi connectivity index (χ1v) is 12.4. The third-order valence-electron chi connectivity index (χ3n) is 5.48. The molecule has 10 heteroatoms. The summed E-state index contributed by atoms with van der Waals surface area (Å²) in [6.07, 6.45) is -4.82. The van der Waals surface area contributed by atoms with E-state index in [0.29, 0.717) is 21.7 Å². The summed E-state index contributed by atoms with van der Waals surface area (Å²) in [7, 11) is 0. The lowest BCUT2D eigenvalue weighted by molar-refractivity contribution is -0.160. The highest BCUT2D eigenvalue weighted by atomic mass is 35.5. The second-order valence-electron chi connectivity index (χ2n) is 8.03. The van der Waals surface area contributed by atoms with Gasteiger partial charge in [-0.05, 0) is 35.7 Å². The number of nitrogens with one attached hydrogen (secondary N) is 2. The van der Waals surface area contributed by atoms with E-state index in [4.69, 9.17) is 16.0 Å². The maximum absolute atomic E-state index is 14.0. The minimum Gasteiger partial charge on any atom is -0.434 e. The Bertz CT molecular complexity index is 1330. The summed E-state index contributed by atoms with van der Waals surface area (Å²) in [5.41, 5.74) is 1.30. The van der Waals surface area contributed by atoms with Gasteiger partial charge in [-0.25, -0.2) is 4.98 Å². The van der Waals surface area contributed by atoms with Gasteiger partial charge in [0.1, 0.15) is 11.6 Å². The van der Waals surface area contributed by atoms with Crippen molar-refractivity contribution in [3.63, 3.8) is 0 Å². The number of hydrogen-bond donors (Lipinski definition) is 2. The van der Waals surface area contributed by atoms with Gasteiger partial charge in [0, 0.05) is 5.02 Å². The second kappa shape index (κ2) is 13.2. The summed E-state index contributed by atoms with van der Waals surface area (Å²) in [5.74, 6) is -1.62. The van der Waals surface area contributed by atoms with Crippen molar-refractivity contribution in [3.8, 4) is 0 Å². The van der Waals surface area contributed by atoms with Crippen LogP contribution >= 0.6 is 11.6 Å². The largest absolute Gasteiger partial charge is 0.434 e. The molecule has 0 fully saturated rings. The van der Waals surface area contributed by atoms with E-state index in [2.05, 4.69) is 15.6 Å². The Balaban J connectivity index is 0.00000195. The molecule has 3 aromatic carbocycles. The molecule has 1 heterocycles. The summed E-state index contributed by atoms with van der Waals surface area (Å²) in [6.45, 7) is 3.49. The highest BCUT2D eigenvalue weighted by molar-refractivity contribution is 6.31. The molecule has 2 atom stereocenters. The van der Waals surface area contributed by atoms with Gasteiger partial charge < -0.3 is 9.73 Å². The van der Waals surface area contributed by atoms with E-state index in [9.17, 15) is 22.8 Å². The predicted molar refractivity (Wildman–Crippen MR) is 140 cm³/mol. The van der Waals surface area contributed by atoms with Gasteiger partial charge in [-0.3, -0.25) is 14.9 Å². The number of oxazole rings is 1. The van der Waals surface area contributed by atoms with Crippen molar-refractivity contribution in [1.29, 1.82) is 0 Å². The Morgan fingerprint density at radius 2 is 1.58 bits per heavy atom. The van der Waals surface area contributed by atoms with Gasteiger partial charge >= 0.3 is 6.18 Å². The maximum atomic E-state index is 14.0. The summed E-state index contributed by atoms with van der Waals surface area (Å²) in [6, 6.07) is 17.1. The molecule has 4 aromatic rings. The number of benzene rings is 3. The number of rotatable bonds is 9. The highest BCUT2D eigenvalue weighted by Gasteiger charge is 2.43. The van der Waals surface area contributed by atoms with Crippen molar-refractivity contribution >= 4 is 34.4 Å². The molecule has 1 aromatic heterocycles. The SMILES string of the molecule is CC.O=C(CNC(=O)C(Cc1ccccc1Cl)NC(c1ccccc1)C(F)(F)F)c1nc2ccccc2o1. The number of hydrogen-bond acceptors (Lipinski definition) is 5. The smallest absolute Gasteiger partial charge is 0.407 e. The lowest BCUT2D eigenvalue weighted by Gasteiger charge is -2.27. The molecule has 2 N–H and O–H groups in total. The molecule has 0 saturated carbocycles. The van der Waals surface area contributed by atoms with E-state index in [-0.39, 0.29) is 17.9 Å². The predicted octanol–water partition coefficient (Wildman–Crippen LogP) is 6.31. The van der Waals surface area contributed by atoms with Crippen LogP contribution in [0.3, 0.4) is 0 Å². The van der Waals surface area contributed by atoms with Gasteiger partial charge in [0.25, 0.3) is 5.89 Å². The summed E-state index contributed by atoms with van der Waals surface area (Å²) in [5, 5.41) is 5.14. The number of aromatic nitrogens is 1. The average molecular weight is 546 g/mol. The highest BCUT2D eigenvalue weighted by Crippen LogP contribution is 2.33. The molecule has 200 valence electrons. The van der Waals surface area contributed by atoms with Crippen molar-refractivity contribution in [3.05, 3.63) is 101 Å². The number of halogens is 4. The second-order valence-corrected chi connectivity index (χ2v) is 8.44. The van der Waals surface area contributed by atoms with E-state index in [0.717, 1.165) is 0 Å². The Kier molecular flexibility index (Phi) is 10.0. The van der Waals surface area contributed by atoms with Crippen molar-refractivity contribution in [1.82, 2.24) is 15.6 Å². The molecular weight excluding hydrogens is 519 g/mol. The first-order valence-electron chi connectivity index (χ1n) is 12.0. The summed E-state index contributed by atoms with van der Waals surface area (Å²) in [4.78, 5) is 29.7. The molecule has 0 spiro atoms. The molecule has 0 aliphatic carbocycles. The Morgan fingerprint density at radius 3 is 2.24 bits per heavy atom. The standard InChI is InChI=1S/C26H21ClF3N3O3.C2H6/c27-18-11-5-4-10-17(18)14-20(32-23(26(28,29)30)16-8-2-1-3-9-16)24(35)31-15-21(34)25-33-19-12-6-7-13-22(19)36-25;1-2/h1-13,20,23,32H,14-15H2,(H,31,35);1-2H3. The molecule has 0 aliphatic heterocycles. The summed E-state index contributed by atoms with van der Waals surface area (Å²) >= 11 is 6.21. The van der Waals surface area contributed by atoms with E-state index < -0.39 is 36.5 Å². The van der Waals surface area contributed by atoms with Crippen LogP contribution in [0.2, 0.25) is 5.02 Å². The van der Waals surface area contributed by atoms with Crippen LogP contribution in [0.15, 0.2) is 83.3 Å². The average Bonchev–Trinajstić information content (AvgIpc) is 3.36. The summed E-state index contributed by atoms with van der Waals surface area (Å²) < 4.78 is 47.4. The van der Waals surface area contributed by atoms with Crippen molar-refractivity contribution in [2.75, 3.05) is 6.54 Å². The molecule has 0 bridgehead atoms. The van der Waals surface area contributed by atoms with Crippen molar-refractivity contribution in [2.45, 2.75) is 38.5 Å². The number of amides is 1. The third kappa shape index (κ3) is 7.43. The van der Waals surface area contributed by atoms with Gasteiger partial charge in [-0.15, -0.1) is 0 Å². The van der Waals surface area contributed by atoms with E-state index >= 15 is 0 Å². The number of alkyl halides is 3. The first kappa shape index (κ1) is 28.9. The van der Waals surface area contributed by atoms with Crippen LogP contribution in [-0.2, 0) is 11.2 Å². The van der Waals surface area contributed by atoms with Gasteiger partial charge in [-0.1, -0.05) is 86.1 Å². The monoisotopic (exact) mass is 545 g/mol. The Labute approximate surface area is 223 Å². The molecule has 0 saturated heterocycles. The zero-order chi connectivity index (χ0) is 27.7. The van der Waals surface area contributed by atoms with Crippen LogP contribution < -0.4 is 10.6 Å². The lowest BCUT2D eigenvalue weighted by atomic mass is 10.0. The minimum atomic E-state index is -4.69. The number of ketones is 1. The van der Waals surface area contributed by atoms with Crippen LogP contribution in [0.5, 0.6) is 0 Å². The zero-order valence-corrected chi connectivity index (χ0v) is 21.5. The lowest BCUT2D eigenvalue weighted by Crippen LogP contribution is -2.50. The minimum absolute atomic E-state index is 0.0514. The fourth-order valence-corrected chi connectivity index (χ4v) is 3.91. The zero-order valence-electron chi connectivity index (χ0n) is 20.8. The number of nitrogens with zero attached hydrogens (tertiary/aromatic N) is 1. The molecule has 38 heavy (non-hydrogen) atoms. The molecule has 0 aliphatic rings. The maximum Gasteiger partial charge on any atom is 0.407 e. The molecule has 4 rings (SSSR count). The molecule has 0 radical (unpaired) electrons. The molecule has 2 unspecified atom stereocenters.